The fourth-order valence-corrected chi connectivity index (χ4v) is 3.12. The van der Waals surface area contributed by atoms with Gasteiger partial charge in [-0.2, -0.15) is 0 Å². The topological polar surface area (TPSA) is 35.2 Å². The Morgan fingerprint density at radius 1 is 1.05 bits per heavy atom. The Bertz CT molecular complexity index is 391. The third-order valence-electron chi connectivity index (χ3n) is 4.37. The Kier molecular flexibility index (Phi) is 6.72. The normalized spacial score (nSPS) is 18.7. The molecule has 1 atom stereocenters. The summed E-state index contributed by atoms with van der Waals surface area (Å²) in [6.45, 7) is 5.15. The van der Waals surface area contributed by atoms with Crippen LogP contribution in [0.5, 0.6) is 0 Å². The summed E-state index contributed by atoms with van der Waals surface area (Å²) >= 11 is 0. The van der Waals surface area contributed by atoms with Crippen molar-refractivity contribution in [2.24, 2.45) is 11.7 Å². The second-order valence-electron chi connectivity index (χ2n) is 6.89. The molecule has 1 aromatic carbocycles. The molecule has 0 radical (unpaired) electrons. The molecule has 0 heterocycles. The molecule has 2 nitrogen and oxygen atoms in total. The van der Waals surface area contributed by atoms with Gasteiger partial charge < -0.3 is 10.5 Å². The van der Waals surface area contributed by atoms with Gasteiger partial charge in [0.05, 0.1) is 18.8 Å². The maximum atomic E-state index is 6.28. The Balaban J connectivity index is 1.80. The summed E-state index contributed by atoms with van der Waals surface area (Å²) in [4.78, 5) is 0. The van der Waals surface area contributed by atoms with Gasteiger partial charge >= 0.3 is 0 Å². The number of benzene rings is 1. The number of hydrogen-bond donors (Lipinski definition) is 1. The van der Waals surface area contributed by atoms with E-state index in [0.717, 1.165) is 6.42 Å². The average molecular weight is 289 g/mol. The van der Waals surface area contributed by atoms with Crippen LogP contribution in [0.1, 0.15) is 69.5 Å². The molecule has 1 fully saturated rings. The first kappa shape index (κ1) is 16.5. The smallest absolute Gasteiger partial charge is 0.0663 e. The molecule has 1 saturated carbocycles. The number of nitrogens with two attached hydrogens (primary N) is 1. The quantitative estimate of drug-likeness (QED) is 0.775. The minimum absolute atomic E-state index is 0.00125. The van der Waals surface area contributed by atoms with E-state index >= 15 is 0 Å². The number of rotatable bonds is 6. The lowest BCUT2D eigenvalue weighted by Gasteiger charge is -2.19. The molecule has 2 rings (SSSR count). The van der Waals surface area contributed by atoms with Gasteiger partial charge in [0.15, 0.2) is 0 Å². The molecule has 2 heteroatoms. The van der Waals surface area contributed by atoms with Gasteiger partial charge in [-0.25, -0.2) is 0 Å². The fraction of sp³-hybridized carbons (Fsp3) is 0.684. The van der Waals surface area contributed by atoms with Crippen LogP contribution in [0.4, 0.5) is 0 Å². The van der Waals surface area contributed by atoms with Crippen molar-refractivity contribution in [2.45, 2.75) is 70.9 Å². The van der Waals surface area contributed by atoms with Crippen molar-refractivity contribution in [1.29, 1.82) is 0 Å². The maximum Gasteiger partial charge on any atom is 0.0663 e. The summed E-state index contributed by atoms with van der Waals surface area (Å²) in [5, 5.41) is 0. The molecule has 1 aromatic rings. The maximum absolute atomic E-state index is 6.28. The molecule has 21 heavy (non-hydrogen) atoms. The van der Waals surface area contributed by atoms with Gasteiger partial charge in [-0.3, -0.25) is 0 Å². The van der Waals surface area contributed by atoms with Crippen molar-refractivity contribution < 1.29 is 4.74 Å². The minimum atomic E-state index is 0.00125. The molecule has 0 bridgehead atoms. The van der Waals surface area contributed by atoms with E-state index in [4.69, 9.17) is 10.5 Å². The van der Waals surface area contributed by atoms with Crippen molar-refractivity contribution >= 4 is 0 Å². The van der Waals surface area contributed by atoms with E-state index in [2.05, 4.69) is 38.1 Å². The van der Waals surface area contributed by atoms with E-state index in [1.807, 2.05) is 0 Å². The van der Waals surface area contributed by atoms with Crippen LogP contribution in [-0.2, 0) is 11.2 Å². The lowest BCUT2D eigenvalue weighted by atomic mass is 10.00. The summed E-state index contributed by atoms with van der Waals surface area (Å²) < 4.78 is 6.05. The van der Waals surface area contributed by atoms with Gasteiger partial charge in [0.2, 0.25) is 0 Å². The first-order valence-corrected chi connectivity index (χ1v) is 8.61. The van der Waals surface area contributed by atoms with E-state index < -0.39 is 0 Å². The molecule has 0 spiro atoms. The fourth-order valence-electron chi connectivity index (χ4n) is 3.12. The van der Waals surface area contributed by atoms with Gasteiger partial charge in [-0.1, -0.05) is 63.8 Å². The molecular weight excluding hydrogens is 258 g/mol. The summed E-state index contributed by atoms with van der Waals surface area (Å²) in [5.41, 5.74) is 8.86. The van der Waals surface area contributed by atoms with Crippen molar-refractivity contribution in [2.75, 3.05) is 6.61 Å². The van der Waals surface area contributed by atoms with Crippen LogP contribution in [0.2, 0.25) is 0 Å². The van der Waals surface area contributed by atoms with E-state index in [-0.39, 0.29) is 6.04 Å². The molecule has 1 aliphatic rings. The minimum Gasteiger partial charge on any atom is -0.376 e. The zero-order valence-corrected chi connectivity index (χ0v) is 13.7. The average Bonchev–Trinajstić information content (AvgIpc) is 2.73. The number of ether oxygens (including phenoxy) is 1. The third kappa shape index (κ3) is 5.80. The second-order valence-corrected chi connectivity index (χ2v) is 6.89. The highest BCUT2D eigenvalue weighted by Gasteiger charge is 2.15. The summed E-state index contributed by atoms with van der Waals surface area (Å²) in [7, 11) is 0. The predicted molar refractivity (Wildman–Crippen MR) is 89.4 cm³/mol. The van der Waals surface area contributed by atoms with E-state index in [1.54, 1.807) is 0 Å². The van der Waals surface area contributed by atoms with Crippen LogP contribution in [0.15, 0.2) is 24.3 Å². The lowest BCUT2D eigenvalue weighted by Crippen LogP contribution is -2.22. The summed E-state index contributed by atoms with van der Waals surface area (Å²) in [5.74, 6) is 0.697. The highest BCUT2D eigenvalue weighted by molar-refractivity contribution is 5.25. The molecule has 0 aliphatic heterocycles. The van der Waals surface area contributed by atoms with Crippen molar-refractivity contribution in [1.82, 2.24) is 0 Å². The van der Waals surface area contributed by atoms with Crippen molar-refractivity contribution in [3.63, 3.8) is 0 Å². The monoisotopic (exact) mass is 289 g/mol. The zero-order chi connectivity index (χ0) is 15.1. The zero-order valence-electron chi connectivity index (χ0n) is 13.7. The Morgan fingerprint density at radius 2 is 1.67 bits per heavy atom. The third-order valence-corrected chi connectivity index (χ3v) is 4.37. The van der Waals surface area contributed by atoms with Crippen LogP contribution >= 0.6 is 0 Å². The molecule has 1 unspecified atom stereocenters. The Morgan fingerprint density at radius 3 is 2.24 bits per heavy atom. The van der Waals surface area contributed by atoms with E-state index in [9.17, 15) is 0 Å². The highest BCUT2D eigenvalue weighted by Crippen LogP contribution is 2.21. The first-order chi connectivity index (χ1) is 10.1. The van der Waals surface area contributed by atoms with E-state index in [0.29, 0.717) is 18.6 Å². The SMILES string of the molecule is CC(C)Cc1ccc(C(N)COC2CCCCCC2)cc1. The van der Waals surface area contributed by atoms with Crippen LogP contribution in [0, 0.1) is 5.92 Å². The Hall–Kier alpha value is -0.860. The summed E-state index contributed by atoms with van der Waals surface area (Å²) in [6, 6.07) is 8.75. The van der Waals surface area contributed by atoms with Crippen LogP contribution in [0.25, 0.3) is 0 Å². The van der Waals surface area contributed by atoms with Crippen LogP contribution in [0.3, 0.4) is 0 Å². The lowest BCUT2D eigenvalue weighted by molar-refractivity contribution is 0.0345. The number of hydrogen-bond acceptors (Lipinski definition) is 2. The molecule has 0 aromatic heterocycles. The second kappa shape index (κ2) is 8.55. The first-order valence-electron chi connectivity index (χ1n) is 8.61. The van der Waals surface area contributed by atoms with Crippen molar-refractivity contribution in [3.05, 3.63) is 35.4 Å². The van der Waals surface area contributed by atoms with Gasteiger partial charge in [0, 0.05) is 0 Å². The molecule has 1 aliphatic carbocycles. The van der Waals surface area contributed by atoms with Gasteiger partial charge in [0.1, 0.15) is 0 Å². The summed E-state index contributed by atoms with van der Waals surface area (Å²) in [6.07, 6.45) is 9.33. The molecule has 0 saturated heterocycles. The van der Waals surface area contributed by atoms with Crippen molar-refractivity contribution in [3.8, 4) is 0 Å². The predicted octanol–water partition coefficient (Wildman–Crippen LogP) is 4.62. The van der Waals surface area contributed by atoms with Crippen LogP contribution < -0.4 is 5.73 Å². The molecule has 118 valence electrons. The van der Waals surface area contributed by atoms with Gasteiger partial charge in [-0.05, 0) is 36.3 Å². The standard InChI is InChI=1S/C19H31NO/c1-15(2)13-16-9-11-17(12-10-16)19(20)14-21-18-7-5-3-4-6-8-18/h9-12,15,18-19H,3-8,13-14,20H2,1-2H3. The van der Waals surface area contributed by atoms with Gasteiger partial charge in [-0.15, -0.1) is 0 Å². The van der Waals surface area contributed by atoms with Crippen LogP contribution in [-0.4, -0.2) is 12.7 Å². The highest BCUT2D eigenvalue weighted by atomic mass is 16.5. The molecule has 0 amide bonds. The van der Waals surface area contributed by atoms with E-state index in [1.165, 1.54) is 49.7 Å². The Labute approximate surface area is 130 Å². The van der Waals surface area contributed by atoms with Gasteiger partial charge in [0.25, 0.3) is 0 Å². The largest absolute Gasteiger partial charge is 0.376 e. The molecular formula is C19H31NO. The molecule has 2 N–H and O–H groups in total.